The lowest BCUT2D eigenvalue weighted by atomic mass is 10.1. The van der Waals surface area contributed by atoms with Gasteiger partial charge in [-0.1, -0.05) is 18.2 Å². The molecule has 23 heavy (non-hydrogen) atoms. The highest BCUT2D eigenvalue weighted by Gasteiger charge is 2.21. The maximum Gasteiger partial charge on any atom is 0.180 e. The Balaban J connectivity index is 1.51. The molecule has 0 radical (unpaired) electrons. The third-order valence-corrected chi connectivity index (χ3v) is 4.21. The van der Waals surface area contributed by atoms with E-state index >= 15 is 0 Å². The fourth-order valence-electron chi connectivity index (χ4n) is 3.09. The molecule has 1 aromatic carbocycles. The number of nitrogens with zero attached hydrogens (tertiary/aromatic N) is 4. The van der Waals surface area contributed by atoms with Gasteiger partial charge in [-0.3, -0.25) is 4.98 Å². The second-order valence-corrected chi connectivity index (χ2v) is 5.86. The molecular weight excluding hydrogens is 286 g/mol. The second kappa shape index (κ2) is 6.20. The molecule has 4 rings (SSSR count). The molecule has 3 aromatic rings. The van der Waals surface area contributed by atoms with Crippen molar-refractivity contribution < 1.29 is 0 Å². The first-order valence-corrected chi connectivity index (χ1v) is 8.03. The van der Waals surface area contributed by atoms with Gasteiger partial charge < -0.3 is 10.2 Å². The predicted molar refractivity (Wildman–Crippen MR) is 92.6 cm³/mol. The van der Waals surface area contributed by atoms with Crippen molar-refractivity contribution >= 4 is 22.7 Å². The minimum atomic E-state index is 0.436. The Labute approximate surface area is 135 Å². The van der Waals surface area contributed by atoms with E-state index in [9.17, 15) is 0 Å². The molecule has 1 aliphatic heterocycles. The molecule has 1 unspecified atom stereocenters. The van der Waals surface area contributed by atoms with Crippen molar-refractivity contribution in [2.24, 2.45) is 0 Å². The van der Waals surface area contributed by atoms with Crippen LogP contribution in [0.4, 0.5) is 11.5 Å². The van der Waals surface area contributed by atoms with Gasteiger partial charge in [-0.2, -0.15) is 0 Å². The van der Waals surface area contributed by atoms with E-state index in [0.29, 0.717) is 11.7 Å². The first-order chi connectivity index (χ1) is 11.4. The zero-order chi connectivity index (χ0) is 15.5. The number of fused-ring (bicyclic) bond motifs is 1. The van der Waals surface area contributed by atoms with Crippen LogP contribution in [0.5, 0.6) is 0 Å². The van der Waals surface area contributed by atoms with Crippen LogP contribution in [-0.2, 0) is 0 Å². The zero-order valence-electron chi connectivity index (χ0n) is 12.9. The summed E-state index contributed by atoms with van der Waals surface area (Å²) in [5, 5.41) is 3.62. The van der Waals surface area contributed by atoms with Gasteiger partial charge in [-0.25, -0.2) is 9.97 Å². The highest BCUT2D eigenvalue weighted by atomic mass is 15.2. The molecule has 5 nitrogen and oxygen atoms in total. The van der Waals surface area contributed by atoms with Gasteiger partial charge in [0.1, 0.15) is 11.3 Å². The van der Waals surface area contributed by atoms with Gasteiger partial charge in [-0.05, 0) is 37.1 Å². The summed E-state index contributed by atoms with van der Waals surface area (Å²) in [6, 6.07) is 14.9. The van der Waals surface area contributed by atoms with E-state index in [4.69, 9.17) is 0 Å². The highest BCUT2D eigenvalue weighted by Crippen LogP contribution is 2.21. The topological polar surface area (TPSA) is 53.9 Å². The van der Waals surface area contributed by atoms with Gasteiger partial charge in [0.15, 0.2) is 5.65 Å². The Morgan fingerprint density at radius 1 is 1.00 bits per heavy atom. The van der Waals surface area contributed by atoms with Crippen molar-refractivity contribution in [2.75, 3.05) is 23.3 Å². The number of rotatable bonds is 3. The predicted octanol–water partition coefficient (Wildman–Crippen LogP) is 3.11. The van der Waals surface area contributed by atoms with E-state index in [1.165, 1.54) is 12.1 Å². The maximum absolute atomic E-state index is 4.66. The van der Waals surface area contributed by atoms with Crippen molar-refractivity contribution in [1.82, 2.24) is 15.0 Å². The standard InChI is InChI=1S/C18H19N5/c1-2-5-14(6-3-1)21-15-7-4-12-23(13-15)17-9-8-16-18(22-17)20-11-10-19-16/h1-3,5-6,8-11,15,21H,4,7,12-13H2. The summed E-state index contributed by atoms with van der Waals surface area (Å²) >= 11 is 0. The first kappa shape index (κ1) is 13.9. The minimum absolute atomic E-state index is 0.436. The SMILES string of the molecule is c1ccc(NC2CCCN(c3ccc4nccnc4n3)C2)cc1. The van der Waals surface area contributed by atoms with Crippen molar-refractivity contribution in [3.05, 3.63) is 54.9 Å². The molecule has 1 saturated heterocycles. The molecule has 0 spiro atoms. The summed E-state index contributed by atoms with van der Waals surface area (Å²) in [5.41, 5.74) is 2.73. The van der Waals surface area contributed by atoms with Gasteiger partial charge in [0.2, 0.25) is 0 Å². The molecule has 5 heteroatoms. The molecule has 3 heterocycles. The summed E-state index contributed by atoms with van der Waals surface area (Å²) in [6.07, 6.45) is 5.73. The van der Waals surface area contributed by atoms with Crippen LogP contribution in [0.3, 0.4) is 0 Å². The van der Waals surface area contributed by atoms with Crippen molar-refractivity contribution in [3.63, 3.8) is 0 Å². The second-order valence-electron chi connectivity index (χ2n) is 5.86. The van der Waals surface area contributed by atoms with E-state index in [0.717, 1.165) is 30.8 Å². The van der Waals surface area contributed by atoms with Crippen LogP contribution in [-0.4, -0.2) is 34.1 Å². The fourth-order valence-corrected chi connectivity index (χ4v) is 3.09. The van der Waals surface area contributed by atoms with E-state index < -0.39 is 0 Å². The number of benzene rings is 1. The molecule has 2 aromatic heterocycles. The van der Waals surface area contributed by atoms with Crippen LogP contribution in [0.2, 0.25) is 0 Å². The Bertz CT molecular complexity index is 790. The first-order valence-electron chi connectivity index (χ1n) is 8.03. The average molecular weight is 305 g/mol. The number of aromatic nitrogens is 3. The molecule has 1 fully saturated rings. The monoisotopic (exact) mass is 305 g/mol. The zero-order valence-corrected chi connectivity index (χ0v) is 12.9. The third-order valence-electron chi connectivity index (χ3n) is 4.21. The molecule has 1 N–H and O–H groups in total. The van der Waals surface area contributed by atoms with Crippen LogP contribution in [0.25, 0.3) is 11.2 Å². The van der Waals surface area contributed by atoms with Crippen LogP contribution in [0.15, 0.2) is 54.9 Å². The summed E-state index contributed by atoms with van der Waals surface area (Å²) in [4.78, 5) is 15.6. The molecule has 0 aliphatic carbocycles. The molecule has 1 atom stereocenters. The Hall–Kier alpha value is -2.69. The fraction of sp³-hybridized carbons (Fsp3) is 0.278. The number of piperidine rings is 1. The van der Waals surface area contributed by atoms with Crippen LogP contribution < -0.4 is 10.2 Å². The number of nitrogens with one attached hydrogen (secondary N) is 1. The molecular formula is C18H19N5. The van der Waals surface area contributed by atoms with Crippen LogP contribution in [0.1, 0.15) is 12.8 Å². The van der Waals surface area contributed by atoms with Crippen molar-refractivity contribution in [1.29, 1.82) is 0 Å². The van der Waals surface area contributed by atoms with E-state index in [1.54, 1.807) is 12.4 Å². The largest absolute Gasteiger partial charge is 0.381 e. The summed E-state index contributed by atoms with van der Waals surface area (Å²) < 4.78 is 0. The number of para-hydroxylation sites is 1. The molecule has 0 bridgehead atoms. The van der Waals surface area contributed by atoms with E-state index in [-0.39, 0.29) is 0 Å². The molecule has 1 aliphatic rings. The smallest absolute Gasteiger partial charge is 0.180 e. The summed E-state index contributed by atoms with van der Waals surface area (Å²) in [7, 11) is 0. The number of hydrogen-bond acceptors (Lipinski definition) is 5. The molecule has 116 valence electrons. The Morgan fingerprint density at radius 2 is 1.87 bits per heavy atom. The van der Waals surface area contributed by atoms with Gasteiger partial charge in [0.05, 0.1) is 0 Å². The van der Waals surface area contributed by atoms with Crippen molar-refractivity contribution in [3.8, 4) is 0 Å². The molecule has 0 amide bonds. The average Bonchev–Trinajstić information content (AvgIpc) is 2.62. The van der Waals surface area contributed by atoms with Gasteiger partial charge in [0.25, 0.3) is 0 Å². The van der Waals surface area contributed by atoms with Gasteiger partial charge in [0, 0.05) is 37.2 Å². The number of anilines is 2. The van der Waals surface area contributed by atoms with Crippen LogP contribution in [0, 0.1) is 0 Å². The Kier molecular flexibility index (Phi) is 3.76. The molecule has 0 saturated carbocycles. The third kappa shape index (κ3) is 3.08. The van der Waals surface area contributed by atoms with Gasteiger partial charge in [-0.15, -0.1) is 0 Å². The van der Waals surface area contributed by atoms with E-state index in [1.807, 2.05) is 18.2 Å². The Morgan fingerprint density at radius 3 is 2.78 bits per heavy atom. The quantitative estimate of drug-likeness (QED) is 0.806. The lowest BCUT2D eigenvalue weighted by Gasteiger charge is -2.34. The maximum atomic E-state index is 4.66. The summed E-state index contributed by atoms with van der Waals surface area (Å²) in [5.74, 6) is 0.984. The lowest BCUT2D eigenvalue weighted by Crippen LogP contribution is -2.42. The van der Waals surface area contributed by atoms with Gasteiger partial charge >= 0.3 is 0 Å². The normalized spacial score (nSPS) is 18.1. The number of hydrogen-bond donors (Lipinski definition) is 1. The lowest BCUT2D eigenvalue weighted by molar-refractivity contribution is 0.527. The highest BCUT2D eigenvalue weighted by molar-refractivity contribution is 5.71. The minimum Gasteiger partial charge on any atom is -0.381 e. The van der Waals surface area contributed by atoms with E-state index in [2.05, 4.69) is 49.4 Å². The van der Waals surface area contributed by atoms with Crippen LogP contribution >= 0.6 is 0 Å². The number of pyridine rings is 1. The van der Waals surface area contributed by atoms with Crippen molar-refractivity contribution in [2.45, 2.75) is 18.9 Å². The summed E-state index contributed by atoms with van der Waals surface area (Å²) in [6.45, 7) is 1.99.